The van der Waals surface area contributed by atoms with E-state index in [-0.39, 0.29) is 12.6 Å². The van der Waals surface area contributed by atoms with Crippen molar-refractivity contribution in [2.75, 3.05) is 32.9 Å². The molecule has 1 fully saturated rings. The highest BCUT2D eigenvalue weighted by Crippen LogP contribution is 2.15. The Balaban J connectivity index is 2.10. The summed E-state index contributed by atoms with van der Waals surface area (Å²) < 4.78 is 5.14. The number of nitrogens with zero attached hydrogens (tertiary/aromatic N) is 2. The fraction of sp³-hybridized carbons (Fsp3) is 0.889. The Kier molecular flexibility index (Phi) is 4.76. The Morgan fingerprint density at radius 3 is 3.08 bits per heavy atom. The van der Waals surface area contributed by atoms with E-state index >= 15 is 0 Å². The van der Waals surface area contributed by atoms with Gasteiger partial charge in [0.2, 0.25) is 0 Å². The van der Waals surface area contributed by atoms with Gasteiger partial charge in [0, 0.05) is 6.54 Å². The smallest absolute Gasteiger partial charge is 0.0979 e. The van der Waals surface area contributed by atoms with Crippen molar-refractivity contribution >= 4 is 0 Å². The van der Waals surface area contributed by atoms with Crippen LogP contribution < -0.4 is 0 Å². The van der Waals surface area contributed by atoms with Gasteiger partial charge in [-0.05, 0) is 19.4 Å². The van der Waals surface area contributed by atoms with Gasteiger partial charge < -0.3 is 9.84 Å². The Morgan fingerprint density at radius 2 is 2.38 bits per heavy atom. The first-order chi connectivity index (χ1) is 6.38. The molecule has 1 saturated heterocycles. The zero-order valence-electron chi connectivity index (χ0n) is 7.78. The van der Waals surface area contributed by atoms with Gasteiger partial charge in [-0.1, -0.05) is 0 Å². The van der Waals surface area contributed by atoms with Crippen molar-refractivity contribution in [3.63, 3.8) is 0 Å². The molecule has 13 heavy (non-hydrogen) atoms. The molecular weight excluding hydrogens is 168 g/mol. The fourth-order valence-corrected chi connectivity index (χ4v) is 1.59. The van der Waals surface area contributed by atoms with E-state index < -0.39 is 0 Å². The zero-order valence-corrected chi connectivity index (χ0v) is 7.78. The zero-order chi connectivity index (χ0) is 9.52. The molecule has 1 atom stereocenters. The number of nitriles is 1. The van der Waals surface area contributed by atoms with Crippen molar-refractivity contribution in [2.24, 2.45) is 0 Å². The van der Waals surface area contributed by atoms with Gasteiger partial charge in [-0.2, -0.15) is 5.26 Å². The highest BCUT2D eigenvalue weighted by Gasteiger charge is 2.23. The minimum atomic E-state index is 0.0711. The average molecular weight is 184 g/mol. The van der Waals surface area contributed by atoms with Crippen LogP contribution in [0.15, 0.2) is 0 Å². The molecule has 1 unspecified atom stereocenters. The molecule has 0 saturated carbocycles. The van der Waals surface area contributed by atoms with Gasteiger partial charge >= 0.3 is 0 Å². The number of rotatable bonds is 5. The van der Waals surface area contributed by atoms with E-state index in [0.717, 1.165) is 25.9 Å². The molecule has 0 spiro atoms. The summed E-state index contributed by atoms with van der Waals surface area (Å²) >= 11 is 0. The van der Waals surface area contributed by atoms with E-state index in [0.29, 0.717) is 13.2 Å². The maximum Gasteiger partial charge on any atom is 0.0979 e. The van der Waals surface area contributed by atoms with Crippen LogP contribution in [0.4, 0.5) is 0 Å². The topological polar surface area (TPSA) is 56.5 Å². The number of hydrogen-bond acceptors (Lipinski definition) is 4. The van der Waals surface area contributed by atoms with Crippen LogP contribution >= 0.6 is 0 Å². The van der Waals surface area contributed by atoms with Gasteiger partial charge in [0.15, 0.2) is 0 Å². The van der Waals surface area contributed by atoms with Gasteiger partial charge in [-0.25, -0.2) is 0 Å². The van der Waals surface area contributed by atoms with Crippen LogP contribution in [0.5, 0.6) is 0 Å². The highest BCUT2D eigenvalue weighted by atomic mass is 16.5. The Bertz CT molecular complexity index is 179. The lowest BCUT2D eigenvalue weighted by Gasteiger charge is -2.18. The summed E-state index contributed by atoms with van der Waals surface area (Å²) in [5.41, 5.74) is 0. The van der Waals surface area contributed by atoms with E-state index in [1.807, 2.05) is 0 Å². The summed E-state index contributed by atoms with van der Waals surface area (Å²) in [6.45, 7) is 2.88. The summed E-state index contributed by atoms with van der Waals surface area (Å²) in [6.07, 6.45) is 2.09. The SMILES string of the molecule is N#CC1CCCN1CCOCCO. The van der Waals surface area contributed by atoms with Crippen molar-refractivity contribution in [2.45, 2.75) is 18.9 Å². The van der Waals surface area contributed by atoms with Crippen molar-refractivity contribution in [3.8, 4) is 6.07 Å². The van der Waals surface area contributed by atoms with Crippen LogP contribution in [0.25, 0.3) is 0 Å². The monoisotopic (exact) mass is 184 g/mol. The third-order valence-electron chi connectivity index (χ3n) is 2.27. The van der Waals surface area contributed by atoms with Crippen LogP contribution in [0.3, 0.4) is 0 Å². The van der Waals surface area contributed by atoms with Crippen molar-refractivity contribution in [1.29, 1.82) is 5.26 Å². The predicted octanol–water partition coefficient (Wildman–Crippen LogP) is -0.0167. The van der Waals surface area contributed by atoms with Gasteiger partial charge in [0.1, 0.15) is 0 Å². The normalized spacial score (nSPS) is 23.2. The molecule has 0 aromatic heterocycles. The van der Waals surface area contributed by atoms with Gasteiger partial charge in [0.25, 0.3) is 0 Å². The molecule has 0 aliphatic carbocycles. The molecule has 0 aromatic carbocycles. The van der Waals surface area contributed by atoms with Gasteiger partial charge in [-0.3, -0.25) is 4.90 Å². The van der Waals surface area contributed by atoms with Crippen molar-refractivity contribution in [3.05, 3.63) is 0 Å². The molecule has 1 aliphatic heterocycles. The molecule has 1 heterocycles. The molecule has 4 heteroatoms. The average Bonchev–Trinajstić information content (AvgIpc) is 2.60. The number of likely N-dealkylation sites (tertiary alicyclic amines) is 1. The van der Waals surface area contributed by atoms with E-state index in [4.69, 9.17) is 15.1 Å². The number of hydrogen-bond donors (Lipinski definition) is 1. The third-order valence-corrected chi connectivity index (χ3v) is 2.27. The minimum absolute atomic E-state index is 0.0711. The summed E-state index contributed by atoms with van der Waals surface area (Å²) in [6, 6.07) is 2.36. The molecule has 74 valence electrons. The first-order valence-electron chi connectivity index (χ1n) is 4.70. The van der Waals surface area contributed by atoms with Crippen LogP contribution in [0, 0.1) is 11.3 Å². The fourth-order valence-electron chi connectivity index (χ4n) is 1.59. The van der Waals surface area contributed by atoms with E-state index in [1.165, 1.54) is 0 Å². The maximum absolute atomic E-state index is 8.77. The summed E-state index contributed by atoms with van der Waals surface area (Å²) in [4.78, 5) is 2.14. The second kappa shape index (κ2) is 5.92. The van der Waals surface area contributed by atoms with E-state index in [9.17, 15) is 0 Å². The molecule has 1 aliphatic rings. The largest absolute Gasteiger partial charge is 0.394 e. The van der Waals surface area contributed by atoms with Gasteiger partial charge in [-0.15, -0.1) is 0 Å². The maximum atomic E-state index is 8.77. The lowest BCUT2D eigenvalue weighted by atomic mass is 10.2. The first kappa shape index (κ1) is 10.5. The number of aliphatic hydroxyl groups is 1. The Morgan fingerprint density at radius 1 is 1.54 bits per heavy atom. The molecule has 0 amide bonds. The predicted molar refractivity (Wildman–Crippen MR) is 48.1 cm³/mol. The molecule has 1 rings (SSSR count). The minimum Gasteiger partial charge on any atom is -0.394 e. The first-order valence-corrected chi connectivity index (χ1v) is 4.70. The van der Waals surface area contributed by atoms with Gasteiger partial charge in [0.05, 0.1) is 31.9 Å². The quantitative estimate of drug-likeness (QED) is 0.610. The number of aliphatic hydroxyl groups excluding tert-OH is 1. The van der Waals surface area contributed by atoms with Crippen molar-refractivity contribution < 1.29 is 9.84 Å². The molecule has 0 aromatic rings. The standard InChI is InChI=1S/C9H16N2O2/c10-8-9-2-1-3-11(9)4-6-13-7-5-12/h9,12H,1-7H2. The van der Waals surface area contributed by atoms with Crippen LogP contribution in [0.1, 0.15) is 12.8 Å². The van der Waals surface area contributed by atoms with Crippen LogP contribution in [-0.4, -0.2) is 49.0 Å². The lowest BCUT2D eigenvalue weighted by Crippen LogP contribution is -2.31. The molecule has 4 nitrogen and oxygen atoms in total. The lowest BCUT2D eigenvalue weighted by molar-refractivity contribution is 0.0747. The Labute approximate surface area is 78.7 Å². The Hall–Kier alpha value is -0.630. The third kappa shape index (κ3) is 3.31. The second-order valence-electron chi connectivity index (χ2n) is 3.16. The van der Waals surface area contributed by atoms with Crippen LogP contribution in [-0.2, 0) is 4.74 Å². The molecule has 1 N–H and O–H groups in total. The summed E-state index contributed by atoms with van der Waals surface area (Å²) in [7, 11) is 0. The van der Waals surface area contributed by atoms with E-state index in [2.05, 4.69) is 11.0 Å². The second-order valence-corrected chi connectivity index (χ2v) is 3.16. The highest BCUT2D eigenvalue weighted by molar-refractivity contribution is 4.95. The van der Waals surface area contributed by atoms with Crippen LogP contribution in [0.2, 0.25) is 0 Å². The summed E-state index contributed by atoms with van der Waals surface area (Å²) in [5.74, 6) is 0. The molecule has 0 radical (unpaired) electrons. The molecular formula is C9H16N2O2. The van der Waals surface area contributed by atoms with E-state index in [1.54, 1.807) is 0 Å². The number of ether oxygens (including phenoxy) is 1. The molecule has 0 bridgehead atoms. The van der Waals surface area contributed by atoms with Crippen molar-refractivity contribution in [1.82, 2.24) is 4.90 Å². The summed E-state index contributed by atoms with van der Waals surface area (Å²) in [5, 5.41) is 17.2.